The Labute approximate surface area is 126 Å². The highest BCUT2D eigenvalue weighted by atomic mass is 16.5. The van der Waals surface area contributed by atoms with Crippen LogP contribution in [0.5, 0.6) is 0 Å². The van der Waals surface area contributed by atoms with E-state index in [-0.39, 0.29) is 12.6 Å². The van der Waals surface area contributed by atoms with Crippen LogP contribution in [0.2, 0.25) is 0 Å². The van der Waals surface area contributed by atoms with Gasteiger partial charge in [-0.15, -0.1) is 0 Å². The SMILES string of the molecule is COCCN(CC(=O)O)C(=O)N1CCC2CCCCC2C1. The molecule has 0 aromatic carbocycles. The summed E-state index contributed by atoms with van der Waals surface area (Å²) in [5, 5.41) is 8.96. The number of ether oxygens (including phenoxy) is 1. The van der Waals surface area contributed by atoms with E-state index in [9.17, 15) is 9.59 Å². The van der Waals surface area contributed by atoms with E-state index in [4.69, 9.17) is 9.84 Å². The first-order chi connectivity index (χ1) is 10.1. The smallest absolute Gasteiger partial charge is 0.323 e. The van der Waals surface area contributed by atoms with Crippen LogP contribution in [0.1, 0.15) is 32.1 Å². The largest absolute Gasteiger partial charge is 0.480 e. The third kappa shape index (κ3) is 4.33. The second-order valence-corrected chi connectivity index (χ2v) is 6.13. The first-order valence-corrected chi connectivity index (χ1v) is 7.86. The van der Waals surface area contributed by atoms with Crippen molar-refractivity contribution in [2.45, 2.75) is 32.1 Å². The van der Waals surface area contributed by atoms with Crippen LogP contribution in [-0.2, 0) is 9.53 Å². The molecular formula is C15H26N2O4. The summed E-state index contributed by atoms with van der Waals surface area (Å²) in [5.74, 6) is 0.382. The topological polar surface area (TPSA) is 70.1 Å². The van der Waals surface area contributed by atoms with Crippen LogP contribution in [0.4, 0.5) is 4.79 Å². The number of piperidine rings is 1. The second kappa shape index (κ2) is 7.64. The number of carboxylic acid groups (broad SMARTS) is 1. The molecule has 2 atom stereocenters. The van der Waals surface area contributed by atoms with Crippen LogP contribution in [0, 0.1) is 11.8 Å². The zero-order valence-electron chi connectivity index (χ0n) is 12.8. The van der Waals surface area contributed by atoms with Gasteiger partial charge < -0.3 is 19.6 Å². The lowest BCUT2D eigenvalue weighted by atomic mass is 9.75. The molecule has 0 aromatic rings. The number of carbonyl (C=O) groups excluding carboxylic acids is 1. The minimum atomic E-state index is -0.980. The molecular weight excluding hydrogens is 272 g/mol. The zero-order valence-corrected chi connectivity index (χ0v) is 12.8. The third-order valence-corrected chi connectivity index (χ3v) is 4.72. The molecule has 2 rings (SSSR count). The Balaban J connectivity index is 1.94. The highest BCUT2D eigenvalue weighted by Crippen LogP contribution is 2.36. The molecule has 1 saturated heterocycles. The molecule has 2 amide bonds. The van der Waals surface area contributed by atoms with Crippen molar-refractivity contribution in [2.75, 3.05) is 39.9 Å². The molecule has 2 aliphatic rings. The molecule has 1 N–H and O–H groups in total. The van der Waals surface area contributed by atoms with Crippen LogP contribution in [0.3, 0.4) is 0 Å². The minimum absolute atomic E-state index is 0.154. The van der Waals surface area contributed by atoms with Crippen molar-refractivity contribution in [2.24, 2.45) is 11.8 Å². The number of amides is 2. The van der Waals surface area contributed by atoms with Crippen molar-refractivity contribution < 1.29 is 19.4 Å². The van der Waals surface area contributed by atoms with Gasteiger partial charge in [-0.25, -0.2) is 4.79 Å². The predicted molar refractivity (Wildman–Crippen MR) is 78.1 cm³/mol. The summed E-state index contributed by atoms with van der Waals surface area (Å²) in [7, 11) is 1.55. The average molecular weight is 298 g/mol. The highest BCUT2D eigenvalue weighted by molar-refractivity contribution is 5.80. The van der Waals surface area contributed by atoms with E-state index in [0.717, 1.165) is 25.4 Å². The lowest BCUT2D eigenvalue weighted by Gasteiger charge is -2.42. The van der Waals surface area contributed by atoms with E-state index in [1.54, 1.807) is 7.11 Å². The normalized spacial score (nSPS) is 25.3. The monoisotopic (exact) mass is 298 g/mol. The Kier molecular flexibility index (Phi) is 5.85. The van der Waals surface area contributed by atoms with E-state index >= 15 is 0 Å². The minimum Gasteiger partial charge on any atom is -0.480 e. The van der Waals surface area contributed by atoms with Crippen LogP contribution >= 0.6 is 0 Å². The first-order valence-electron chi connectivity index (χ1n) is 7.86. The first kappa shape index (κ1) is 16.1. The fourth-order valence-electron chi connectivity index (χ4n) is 3.58. The second-order valence-electron chi connectivity index (χ2n) is 6.13. The summed E-state index contributed by atoms with van der Waals surface area (Å²) >= 11 is 0. The van der Waals surface area contributed by atoms with Gasteiger partial charge in [0.15, 0.2) is 0 Å². The van der Waals surface area contributed by atoms with Crippen molar-refractivity contribution in [3.63, 3.8) is 0 Å². The number of carboxylic acids is 1. The number of carbonyl (C=O) groups is 2. The average Bonchev–Trinajstić information content (AvgIpc) is 2.50. The molecule has 21 heavy (non-hydrogen) atoms. The summed E-state index contributed by atoms with van der Waals surface area (Å²) in [6.07, 6.45) is 6.11. The van der Waals surface area contributed by atoms with Crippen LogP contribution in [-0.4, -0.2) is 66.8 Å². The Morgan fingerprint density at radius 1 is 1.24 bits per heavy atom. The van der Waals surface area contributed by atoms with Gasteiger partial charge >= 0.3 is 12.0 Å². The van der Waals surface area contributed by atoms with Gasteiger partial charge in [0.2, 0.25) is 0 Å². The number of rotatable bonds is 5. The van der Waals surface area contributed by atoms with Crippen LogP contribution in [0.15, 0.2) is 0 Å². The maximum absolute atomic E-state index is 12.5. The van der Waals surface area contributed by atoms with E-state index < -0.39 is 5.97 Å². The number of urea groups is 1. The fraction of sp³-hybridized carbons (Fsp3) is 0.867. The third-order valence-electron chi connectivity index (χ3n) is 4.72. The standard InChI is InChI=1S/C15H26N2O4/c1-21-9-8-17(11-14(18)19)15(20)16-7-6-12-4-2-3-5-13(12)10-16/h12-13H,2-11H2,1H3,(H,18,19). The number of hydrogen-bond acceptors (Lipinski definition) is 3. The summed E-state index contributed by atoms with van der Waals surface area (Å²) in [4.78, 5) is 26.7. The van der Waals surface area contributed by atoms with Crippen molar-refractivity contribution in [1.29, 1.82) is 0 Å². The summed E-state index contributed by atoms with van der Waals surface area (Å²) in [6.45, 7) is 1.97. The summed E-state index contributed by atoms with van der Waals surface area (Å²) in [5.41, 5.74) is 0. The van der Waals surface area contributed by atoms with Crippen molar-refractivity contribution in [3.8, 4) is 0 Å². The predicted octanol–water partition coefficient (Wildman–Crippen LogP) is 1.65. The number of methoxy groups -OCH3 is 1. The lowest BCUT2D eigenvalue weighted by Crippen LogP contribution is -2.51. The summed E-state index contributed by atoms with van der Waals surface area (Å²) in [6, 6.07) is -0.154. The fourth-order valence-corrected chi connectivity index (χ4v) is 3.58. The number of hydrogen-bond donors (Lipinski definition) is 1. The maximum atomic E-state index is 12.5. The number of aliphatic carboxylic acids is 1. The maximum Gasteiger partial charge on any atom is 0.323 e. The molecule has 2 fully saturated rings. The molecule has 0 bridgehead atoms. The quantitative estimate of drug-likeness (QED) is 0.838. The van der Waals surface area contributed by atoms with Gasteiger partial charge in [0.1, 0.15) is 6.54 Å². The molecule has 1 aliphatic heterocycles. The number of fused-ring (bicyclic) bond motifs is 1. The van der Waals surface area contributed by atoms with Crippen molar-refractivity contribution in [1.82, 2.24) is 9.80 Å². The Morgan fingerprint density at radius 3 is 2.62 bits per heavy atom. The molecule has 1 heterocycles. The van der Waals surface area contributed by atoms with Gasteiger partial charge in [-0.2, -0.15) is 0 Å². The molecule has 1 saturated carbocycles. The van der Waals surface area contributed by atoms with Gasteiger partial charge in [-0.05, 0) is 24.7 Å². The van der Waals surface area contributed by atoms with Gasteiger partial charge in [-0.1, -0.05) is 19.3 Å². The highest BCUT2D eigenvalue weighted by Gasteiger charge is 2.34. The molecule has 120 valence electrons. The molecule has 6 nitrogen and oxygen atoms in total. The summed E-state index contributed by atoms with van der Waals surface area (Å²) < 4.78 is 4.97. The molecule has 6 heteroatoms. The molecule has 2 unspecified atom stereocenters. The van der Waals surface area contributed by atoms with Gasteiger partial charge in [0.05, 0.1) is 6.61 Å². The van der Waals surface area contributed by atoms with Crippen molar-refractivity contribution >= 4 is 12.0 Å². The number of nitrogens with zero attached hydrogens (tertiary/aromatic N) is 2. The van der Waals surface area contributed by atoms with Crippen LogP contribution in [0.25, 0.3) is 0 Å². The zero-order chi connectivity index (χ0) is 15.2. The Hall–Kier alpha value is -1.30. The Morgan fingerprint density at radius 2 is 1.95 bits per heavy atom. The molecule has 0 aromatic heterocycles. The van der Waals surface area contributed by atoms with E-state index in [2.05, 4.69) is 0 Å². The van der Waals surface area contributed by atoms with Gasteiger partial charge in [-0.3, -0.25) is 4.79 Å². The van der Waals surface area contributed by atoms with Crippen LogP contribution < -0.4 is 0 Å². The molecule has 1 aliphatic carbocycles. The lowest BCUT2D eigenvalue weighted by molar-refractivity contribution is -0.137. The molecule has 0 spiro atoms. The molecule has 0 radical (unpaired) electrons. The van der Waals surface area contributed by atoms with E-state index in [0.29, 0.717) is 19.1 Å². The van der Waals surface area contributed by atoms with Gasteiger partial charge in [0.25, 0.3) is 0 Å². The van der Waals surface area contributed by atoms with Crippen molar-refractivity contribution in [3.05, 3.63) is 0 Å². The van der Waals surface area contributed by atoms with Gasteiger partial charge in [0, 0.05) is 26.7 Å². The van der Waals surface area contributed by atoms with E-state index in [1.807, 2.05) is 4.90 Å². The van der Waals surface area contributed by atoms with E-state index in [1.165, 1.54) is 30.6 Å². The Bertz CT molecular complexity index is 375. The number of likely N-dealkylation sites (tertiary alicyclic amines) is 1.